The van der Waals surface area contributed by atoms with E-state index in [1.165, 1.54) is 6.07 Å². The summed E-state index contributed by atoms with van der Waals surface area (Å²) in [7, 11) is 0. The van der Waals surface area contributed by atoms with E-state index in [0.29, 0.717) is 12.8 Å². The molecule has 1 N–H and O–H groups in total. The Hall–Kier alpha value is -1.64. The van der Waals surface area contributed by atoms with E-state index in [1.807, 2.05) is 20.8 Å². The van der Waals surface area contributed by atoms with Crippen LogP contribution in [0.4, 0.5) is 0 Å². The van der Waals surface area contributed by atoms with E-state index in [0.717, 1.165) is 12.0 Å². The second-order valence-electron chi connectivity index (χ2n) is 3.47. The zero-order chi connectivity index (χ0) is 13.3. The van der Waals surface area contributed by atoms with Crippen molar-refractivity contribution in [2.24, 2.45) is 0 Å². The number of carboxylic acid groups (broad SMARTS) is 1. The molecule has 0 aliphatic heterocycles. The molecule has 0 spiro atoms. The highest BCUT2D eigenvalue weighted by atomic mass is 16.4. The van der Waals surface area contributed by atoms with Crippen LogP contribution in [0, 0.1) is 0 Å². The fourth-order valence-electron chi connectivity index (χ4n) is 1.41. The Bertz CT molecular complexity index is 369. The summed E-state index contributed by atoms with van der Waals surface area (Å²) in [5, 5.41) is 8.76. The molecule has 0 bridgehead atoms. The van der Waals surface area contributed by atoms with Gasteiger partial charge in [-0.25, -0.2) is 4.79 Å². The largest absolute Gasteiger partial charge is 0.478 e. The molecule has 0 saturated heterocycles. The highest BCUT2D eigenvalue weighted by Crippen LogP contribution is 2.07. The van der Waals surface area contributed by atoms with Crippen LogP contribution >= 0.6 is 0 Å². The molecule has 0 amide bonds. The molecule has 0 aliphatic carbocycles. The first-order chi connectivity index (χ1) is 8.13. The molecule has 0 radical (unpaired) electrons. The van der Waals surface area contributed by atoms with Gasteiger partial charge in [-0.15, -0.1) is 0 Å². The average Bonchev–Trinajstić information content (AvgIpc) is 2.32. The van der Waals surface area contributed by atoms with Gasteiger partial charge in [-0.2, -0.15) is 0 Å². The van der Waals surface area contributed by atoms with Crippen LogP contribution in [0.15, 0.2) is 24.3 Å². The van der Waals surface area contributed by atoms with E-state index in [4.69, 9.17) is 5.11 Å². The maximum absolute atomic E-state index is 11.3. The van der Waals surface area contributed by atoms with Crippen LogP contribution in [0.5, 0.6) is 0 Å². The average molecular weight is 236 g/mol. The second-order valence-corrected chi connectivity index (χ2v) is 3.47. The Morgan fingerprint density at radius 3 is 2.41 bits per heavy atom. The van der Waals surface area contributed by atoms with Gasteiger partial charge in [0.05, 0.1) is 5.56 Å². The quantitative estimate of drug-likeness (QED) is 0.853. The monoisotopic (exact) mass is 236 g/mol. The fourth-order valence-corrected chi connectivity index (χ4v) is 1.41. The van der Waals surface area contributed by atoms with Gasteiger partial charge in [0.2, 0.25) is 0 Å². The summed E-state index contributed by atoms with van der Waals surface area (Å²) in [6, 6.07) is 6.52. The number of carbonyl (C=O) groups excluding carboxylic acids is 1. The van der Waals surface area contributed by atoms with Crippen molar-refractivity contribution in [1.29, 1.82) is 0 Å². The van der Waals surface area contributed by atoms with Gasteiger partial charge in [-0.05, 0) is 24.1 Å². The van der Waals surface area contributed by atoms with Crippen LogP contribution in [0.25, 0.3) is 0 Å². The lowest BCUT2D eigenvalue weighted by Gasteiger charge is -2.01. The van der Waals surface area contributed by atoms with E-state index >= 15 is 0 Å². The van der Waals surface area contributed by atoms with Crippen LogP contribution in [-0.2, 0) is 11.2 Å². The van der Waals surface area contributed by atoms with Crippen molar-refractivity contribution in [1.82, 2.24) is 0 Å². The molecule has 3 nitrogen and oxygen atoms in total. The van der Waals surface area contributed by atoms with Crippen molar-refractivity contribution in [2.75, 3.05) is 0 Å². The Balaban J connectivity index is 0.00000121. The number of Topliss-reactive ketones (excluding diaryl/α,β-unsaturated/α-hetero) is 1. The first kappa shape index (κ1) is 15.4. The summed E-state index contributed by atoms with van der Waals surface area (Å²) in [6.07, 6.45) is 1.71. The molecule has 0 aromatic heterocycles. The minimum Gasteiger partial charge on any atom is -0.478 e. The zero-order valence-corrected chi connectivity index (χ0v) is 10.7. The fraction of sp³-hybridized carbons (Fsp3) is 0.429. The predicted molar refractivity (Wildman–Crippen MR) is 68.4 cm³/mol. The SMILES string of the molecule is CC.CCCC(=O)Cc1cccc(C(=O)O)c1. The Morgan fingerprint density at radius 1 is 1.24 bits per heavy atom. The van der Waals surface area contributed by atoms with E-state index < -0.39 is 5.97 Å². The number of hydrogen-bond donors (Lipinski definition) is 1. The third-order valence-electron chi connectivity index (χ3n) is 2.10. The summed E-state index contributed by atoms with van der Waals surface area (Å²) in [5.74, 6) is -0.806. The molecule has 0 saturated carbocycles. The van der Waals surface area contributed by atoms with E-state index in [-0.39, 0.29) is 11.3 Å². The van der Waals surface area contributed by atoms with Crippen molar-refractivity contribution >= 4 is 11.8 Å². The van der Waals surface area contributed by atoms with E-state index in [2.05, 4.69) is 0 Å². The van der Waals surface area contributed by atoms with Gasteiger partial charge >= 0.3 is 5.97 Å². The minimum absolute atomic E-state index is 0.153. The maximum atomic E-state index is 11.3. The smallest absolute Gasteiger partial charge is 0.335 e. The highest BCUT2D eigenvalue weighted by molar-refractivity contribution is 5.88. The third-order valence-corrected chi connectivity index (χ3v) is 2.10. The Labute approximate surface area is 102 Å². The molecule has 94 valence electrons. The van der Waals surface area contributed by atoms with Crippen LogP contribution in [0.1, 0.15) is 49.5 Å². The third kappa shape index (κ3) is 5.85. The van der Waals surface area contributed by atoms with Gasteiger partial charge in [-0.3, -0.25) is 4.79 Å². The number of carbonyl (C=O) groups is 2. The lowest BCUT2D eigenvalue weighted by Crippen LogP contribution is -2.03. The molecule has 1 rings (SSSR count). The Morgan fingerprint density at radius 2 is 1.88 bits per heavy atom. The molecule has 0 atom stereocenters. The number of carboxylic acids is 1. The van der Waals surface area contributed by atoms with Crippen LogP contribution in [0.3, 0.4) is 0 Å². The van der Waals surface area contributed by atoms with Crippen LogP contribution in [0.2, 0.25) is 0 Å². The first-order valence-electron chi connectivity index (χ1n) is 5.97. The lowest BCUT2D eigenvalue weighted by molar-refractivity contribution is -0.118. The van der Waals surface area contributed by atoms with Gasteiger partial charge < -0.3 is 5.11 Å². The highest BCUT2D eigenvalue weighted by Gasteiger charge is 2.06. The molecule has 17 heavy (non-hydrogen) atoms. The molecular weight excluding hydrogens is 216 g/mol. The molecule has 3 heteroatoms. The second kappa shape index (κ2) is 8.50. The van der Waals surface area contributed by atoms with Gasteiger partial charge in [0, 0.05) is 12.8 Å². The predicted octanol–water partition coefficient (Wildman–Crippen LogP) is 3.32. The van der Waals surface area contributed by atoms with Crippen molar-refractivity contribution in [3.05, 3.63) is 35.4 Å². The lowest BCUT2D eigenvalue weighted by atomic mass is 10.0. The molecule has 1 aromatic carbocycles. The number of rotatable bonds is 5. The summed E-state index contributed by atoms with van der Waals surface area (Å²) in [5.41, 5.74) is 1.00. The molecule has 1 aromatic rings. The molecule has 0 heterocycles. The zero-order valence-electron chi connectivity index (χ0n) is 10.7. The van der Waals surface area contributed by atoms with Crippen LogP contribution in [-0.4, -0.2) is 16.9 Å². The molecule has 0 unspecified atom stereocenters. The standard InChI is InChI=1S/C12H14O3.C2H6/c1-2-4-11(13)8-9-5-3-6-10(7-9)12(14)15;1-2/h3,5-7H,2,4,8H2,1H3,(H,14,15);1-2H3. The first-order valence-corrected chi connectivity index (χ1v) is 5.97. The number of ketones is 1. The topological polar surface area (TPSA) is 54.4 Å². The van der Waals surface area contributed by atoms with Crippen molar-refractivity contribution in [3.63, 3.8) is 0 Å². The number of aromatic carboxylic acids is 1. The van der Waals surface area contributed by atoms with Crippen molar-refractivity contribution in [2.45, 2.75) is 40.0 Å². The Kier molecular flexibility index (Phi) is 7.68. The minimum atomic E-state index is -0.959. The number of hydrogen-bond acceptors (Lipinski definition) is 2. The van der Waals surface area contributed by atoms with E-state index in [1.54, 1.807) is 18.2 Å². The summed E-state index contributed by atoms with van der Waals surface area (Å²) >= 11 is 0. The molecule has 0 fully saturated rings. The molecular formula is C14H20O3. The van der Waals surface area contributed by atoms with Gasteiger partial charge in [0.15, 0.2) is 0 Å². The normalized spacial score (nSPS) is 9.12. The summed E-state index contributed by atoms with van der Waals surface area (Å²) in [4.78, 5) is 22.0. The maximum Gasteiger partial charge on any atom is 0.335 e. The van der Waals surface area contributed by atoms with Gasteiger partial charge in [0.25, 0.3) is 0 Å². The van der Waals surface area contributed by atoms with Gasteiger partial charge in [-0.1, -0.05) is 32.9 Å². The summed E-state index contributed by atoms with van der Waals surface area (Å²) in [6.45, 7) is 5.95. The molecule has 0 aliphatic rings. The van der Waals surface area contributed by atoms with E-state index in [9.17, 15) is 9.59 Å². The van der Waals surface area contributed by atoms with Gasteiger partial charge in [0.1, 0.15) is 5.78 Å². The van der Waals surface area contributed by atoms with Crippen molar-refractivity contribution < 1.29 is 14.7 Å². The van der Waals surface area contributed by atoms with Crippen LogP contribution < -0.4 is 0 Å². The summed E-state index contributed by atoms with van der Waals surface area (Å²) < 4.78 is 0. The van der Waals surface area contributed by atoms with Crippen molar-refractivity contribution in [3.8, 4) is 0 Å². The number of benzene rings is 1.